The minimum Gasteiger partial charge on any atom is -0.494 e. The van der Waals surface area contributed by atoms with Crippen molar-refractivity contribution in [3.8, 4) is 17.0 Å². The van der Waals surface area contributed by atoms with E-state index < -0.39 is 10.0 Å². The van der Waals surface area contributed by atoms with Crippen LogP contribution in [0, 0.1) is 0 Å². The first-order chi connectivity index (χ1) is 17.1. The second-order valence-electron chi connectivity index (χ2n) is 9.24. The predicted octanol–water partition coefficient (Wildman–Crippen LogP) is 6.14. The summed E-state index contributed by atoms with van der Waals surface area (Å²) in [6.45, 7) is 3.86. The summed E-state index contributed by atoms with van der Waals surface area (Å²) in [5.41, 5.74) is 3.04. The molecule has 0 atom stereocenters. The molecule has 35 heavy (non-hydrogen) atoms. The van der Waals surface area contributed by atoms with Gasteiger partial charge in [-0.3, -0.25) is 0 Å². The Hall–Kier alpha value is -2.42. The molecule has 0 unspecified atom stereocenters. The molecule has 1 aliphatic heterocycles. The molecule has 8 heteroatoms. The summed E-state index contributed by atoms with van der Waals surface area (Å²) >= 11 is 1.64. The predicted molar refractivity (Wildman–Crippen MR) is 141 cm³/mol. The number of sulfonamides is 1. The average Bonchev–Trinajstić information content (AvgIpc) is 3.57. The molecule has 1 saturated carbocycles. The van der Waals surface area contributed by atoms with Crippen molar-refractivity contribution in [1.82, 2.24) is 8.87 Å². The molecular formula is C27H33N3O3S2. The van der Waals surface area contributed by atoms with Crippen LogP contribution < -0.4 is 9.54 Å². The molecule has 186 valence electrons. The van der Waals surface area contributed by atoms with Gasteiger partial charge in [-0.2, -0.15) is 4.31 Å². The first-order valence-corrected chi connectivity index (χ1v) is 15.0. The maximum absolute atomic E-state index is 13.0. The second-order valence-corrected chi connectivity index (χ2v) is 12.0. The molecule has 2 aliphatic rings. The molecule has 0 amide bonds. The van der Waals surface area contributed by atoms with Gasteiger partial charge in [-0.05, 0) is 74.6 Å². The fourth-order valence-corrected chi connectivity index (χ4v) is 7.58. The Balaban J connectivity index is 1.51. The summed E-state index contributed by atoms with van der Waals surface area (Å²) in [6, 6.07) is 15.7. The van der Waals surface area contributed by atoms with Crippen molar-refractivity contribution in [2.75, 3.05) is 19.7 Å². The van der Waals surface area contributed by atoms with Crippen LogP contribution in [0.25, 0.3) is 11.3 Å². The first kappa shape index (κ1) is 24.3. The number of rotatable bonds is 7. The highest BCUT2D eigenvalue weighted by Crippen LogP contribution is 2.33. The van der Waals surface area contributed by atoms with Gasteiger partial charge >= 0.3 is 0 Å². The topological polar surface area (TPSA) is 63.9 Å². The van der Waals surface area contributed by atoms with Gasteiger partial charge in [0.05, 0.1) is 22.9 Å². The van der Waals surface area contributed by atoms with E-state index in [4.69, 9.17) is 9.73 Å². The Morgan fingerprint density at radius 1 is 0.943 bits per heavy atom. The smallest absolute Gasteiger partial charge is 0.243 e. The zero-order valence-corrected chi connectivity index (χ0v) is 21.9. The van der Waals surface area contributed by atoms with Gasteiger partial charge in [0.15, 0.2) is 4.80 Å². The quantitative estimate of drug-likeness (QED) is 0.383. The Bertz CT molecular complexity index is 1300. The van der Waals surface area contributed by atoms with E-state index in [0.29, 0.717) is 30.6 Å². The molecule has 1 aromatic heterocycles. The van der Waals surface area contributed by atoms with E-state index in [0.717, 1.165) is 53.2 Å². The number of nitrogens with zero attached hydrogens (tertiary/aromatic N) is 3. The van der Waals surface area contributed by atoms with Crippen molar-refractivity contribution in [3.05, 3.63) is 58.7 Å². The summed E-state index contributed by atoms with van der Waals surface area (Å²) in [5.74, 6) is 0.849. The lowest BCUT2D eigenvalue weighted by atomic mass is 9.95. The van der Waals surface area contributed by atoms with Crippen LogP contribution in [0.15, 0.2) is 63.8 Å². The van der Waals surface area contributed by atoms with Gasteiger partial charge in [-0.15, -0.1) is 11.3 Å². The van der Waals surface area contributed by atoms with Gasteiger partial charge in [0.25, 0.3) is 0 Å². The van der Waals surface area contributed by atoms with Gasteiger partial charge in [-0.1, -0.05) is 31.4 Å². The van der Waals surface area contributed by atoms with Crippen LogP contribution in [0.5, 0.6) is 5.75 Å². The molecule has 1 aliphatic carbocycles. The molecule has 2 fully saturated rings. The van der Waals surface area contributed by atoms with E-state index in [9.17, 15) is 8.42 Å². The van der Waals surface area contributed by atoms with E-state index in [1.165, 1.54) is 19.3 Å². The summed E-state index contributed by atoms with van der Waals surface area (Å²) in [6.07, 6.45) is 7.89. The summed E-state index contributed by atoms with van der Waals surface area (Å²) < 4.78 is 35.5. The van der Waals surface area contributed by atoms with Crippen molar-refractivity contribution < 1.29 is 13.2 Å². The van der Waals surface area contributed by atoms with Gasteiger partial charge < -0.3 is 9.30 Å². The minimum atomic E-state index is -3.41. The van der Waals surface area contributed by atoms with Crippen molar-refractivity contribution in [1.29, 1.82) is 0 Å². The molecule has 0 spiro atoms. The molecule has 0 radical (unpaired) electrons. The Labute approximate surface area is 212 Å². The fraction of sp³-hybridized carbons (Fsp3) is 0.444. The van der Waals surface area contributed by atoms with Crippen molar-refractivity contribution >= 4 is 27.0 Å². The third-order valence-corrected chi connectivity index (χ3v) is 9.66. The van der Waals surface area contributed by atoms with Crippen molar-refractivity contribution in [2.45, 2.75) is 62.8 Å². The third kappa shape index (κ3) is 5.25. The number of ether oxygens (including phenoxy) is 1. The van der Waals surface area contributed by atoms with Crippen LogP contribution in [-0.2, 0) is 10.0 Å². The zero-order chi connectivity index (χ0) is 24.3. The number of benzene rings is 2. The molecule has 3 aromatic rings. The zero-order valence-electron chi connectivity index (χ0n) is 20.2. The maximum Gasteiger partial charge on any atom is 0.243 e. The van der Waals surface area contributed by atoms with Gasteiger partial charge in [0.1, 0.15) is 5.75 Å². The van der Waals surface area contributed by atoms with Gasteiger partial charge in [0, 0.05) is 24.5 Å². The first-order valence-electron chi connectivity index (χ1n) is 12.6. The molecule has 5 rings (SSSR count). The third-order valence-electron chi connectivity index (χ3n) is 6.91. The monoisotopic (exact) mass is 511 g/mol. The number of hydrogen-bond acceptors (Lipinski definition) is 5. The van der Waals surface area contributed by atoms with E-state index in [2.05, 4.69) is 9.95 Å². The number of hydrogen-bond donors (Lipinski definition) is 0. The van der Waals surface area contributed by atoms with Crippen molar-refractivity contribution in [3.63, 3.8) is 0 Å². The fourth-order valence-electron chi connectivity index (χ4n) is 5.07. The van der Waals surface area contributed by atoms with Crippen LogP contribution in [0.1, 0.15) is 57.9 Å². The summed E-state index contributed by atoms with van der Waals surface area (Å²) in [4.78, 5) is 6.35. The van der Waals surface area contributed by atoms with E-state index >= 15 is 0 Å². The second kappa shape index (κ2) is 10.7. The van der Waals surface area contributed by atoms with Crippen LogP contribution in [0.4, 0.5) is 5.69 Å². The van der Waals surface area contributed by atoms with Crippen LogP contribution in [0.2, 0.25) is 0 Å². The van der Waals surface area contributed by atoms with Gasteiger partial charge in [0.2, 0.25) is 10.0 Å². The molecule has 2 heterocycles. The van der Waals surface area contributed by atoms with E-state index in [1.54, 1.807) is 27.8 Å². The molecule has 1 saturated heterocycles. The largest absolute Gasteiger partial charge is 0.494 e. The number of aromatic nitrogens is 1. The summed E-state index contributed by atoms with van der Waals surface area (Å²) in [5, 5.41) is 2.16. The molecule has 6 nitrogen and oxygen atoms in total. The molecule has 0 bridgehead atoms. The molecule has 2 aromatic carbocycles. The Morgan fingerprint density at radius 3 is 2.29 bits per heavy atom. The van der Waals surface area contributed by atoms with E-state index in [1.807, 2.05) is 43.3 Å². The standard InChI is InChI=1S/C27H33N3O3S2/c1-2-33-24-14-12-22(13-15-24)28-27-30(23-8-4-3-5-9-23)26(20-34-27)21-10-16-25(17-11-21)35(31,32)29-18-6-7-19-29/h10-17,20,23H,2-9,18-19H2,1H3. The Morgan fingerprint density at radius 2 is 1.63 bits per heavy atom. The number of thiazole rings is 1. The highest BCUT2D eigenvalue weighted by atomic mass is 32.2. The lowest BCUT2D eigenvalue weighted by molar-refractivity contribution is 0.340. The van der Waals surface area contributed by atoms with Crippen LogP contribution in [0.3, 0.4) is 0 Å². The van der Waals surface area contributed by atoms with E-state index in [-0.39, 0.29) is 0 Å². The van der Waals surface area contributed by atoms with Gasteiger partial charge in [-0.25, -0.2) is 13.4 Å². The normalized spacial score (nSPS) is 18.3. The summed E-state index contributed by atoms with van der Waals surface area (Å²) in [7, 11) is -3.41. The highest BCUT2D eigenvalue weighted by molar-refractivity contribution is 7.89. The lowest BCUT2D eigenvalue weighted by Crippen LogP contribution is -2.27. The SMILES string of the molecule is CCOc1ccc(N=c2scc(-c3ccc(S(=O)(=O)N4CCCC4)cc3)n2C2CCCCC2)cc1. The molecular weight excluding hydrogens is 478 g/mol. The molecule has 0 N–H and O–H groups in total. The highest BCUT2D eigenvalue weighted by Gasteiger charge is 2.27. The van der Waals surface area contributed by atoms with Crippen LogP contribution >= 0.6 is 11.3 Å². The van der Waals surface area contributed by atoms with Crippen molar-refractivity contribution in [2.24, 2.45) is 4.99 Å². The minimum absolute atomic E-state index is 0.377. The average molecular weight is 512 g/mol. The lowest BCUT2D eigenvalue weighted by Gasteiger charge is -2.25. The Kier molecular flexibility index (Phi) is 7.41. The maximum atomic E-state index is 13.0. The van der Waals surface area contributed by atoms with Crippen LogP contribution in [-0.4, -0.2) is 37.0 Å².